The summed E-state index contributed by atoms with van der Waals surface area (Å²) < 4.78 is 8.68. The molecule has 1 heteroatoms. The standard InChI is InChI=1S/2C16H13.C5H8.2CH3.Hf/c2*1-12-5-2-8-14(11-12)16-10-4-7-13-6-3-9-15(13)16;1-2-4-5-3-1;;;/h2*2-11H,1H3;1-4H2;2*1H3;. The van der Waals surface area contributed by atoms with E-state index in [0.717, 1.165) is 0 Å². The zero-order valence-electron chi connectivity index (χ0n) is 24.4. The molecule has 0 heterocycles. The van der Waals surface area contributed by atoms with Crippen molar-refractivity contribution in [2.24, 2.45) is 0 Å². The topological polar surface area (TPSA) is 0 Å². The predicted octanol–water partition coefficient (Wildman–Crippen LogP) is 11.0. The number of benzene rings is 4. The summed E-state index contributed by atoms with van der Waals surface area (Å²) >= 11 is -3.88. The number of fused-ring (bicyclic) bond motifs is 2. The maximum absolute atomic E-state index is 3.88. The summed E-state index contributed by atoms with van der Waals surface area (Å²) in [5, 5.41) is 0. The molecule has 0 spiro atoms. The van der Waals surface area contributed by atoms with Crippen molar-refractivity contribution in [1.82, 2.24) is 0 Å². The molecule has 40 heavy (non-hydrogen) atoms. The Bertz CT molecular complexity index is 1660. The molecule has 4 aromatic carbocycles. The van der Waals surface area contributed by atoms with Gasteiger partial charge < -0.3 is 0 Å². The Balaban J connectivity index is 1.42. The van der Waals surface area contributed by atoms with E-state index in [0.29, 0.717) is 7.35 Å². The third-order valence-electron chi connectivity index (χ3n) is 10.8. The molecule has 1 fully saturated rings. The first-order chi connectivity index (χ1) is 19.3. The van der Waals surface area contributed by atoms with Crippen molar-refractivity contribution >= 4 is 15.4 Å². The van der Waals surface area contributed by atoms with Gasteiger partial charge in [0.05, 0.1) is 0 Å². The number of allylic oxidation sites excluding steroid dienone is 2. The van der Waals surface area contributed by atoms with Crippen LogP contribution in [0.2, 0.25) is 9.36 Å². The fourth-order valence-corrected chi connectivity index (χ4v) is 33.7. The van der Waals surface area contributed by atoms with Gasteiger partial charge in [0.15, 0.2) is 0 Å². The molecule has 0 amide bonds. The second kappa shape index (κ2) is 9.59. The molecule has 3 aliphatic rings. The molecule has 0 aliphatic heterocycles. The van der Waals surface area contributed by atoms with Crippen LogP contribution in [0.1, 0.15) is 66.4 Å². The fraction of sp³-hybridized carbons (Fsp3) is 0.256. The summed E-state index contributed by atoms with van der Waals surface area (Å²) in [5.74, 6) is 0. The molecule has 0 nitrogen and oxygen atoms in total. The molecular weight excluding hydrogens is 647 g/mol. The van der Waals surface area contributed by atoms with Gasteiger partial charge in [-0.25, -0.2) is 0 Å². The van der Waals surface area contributed by atoms with Crippen molar-refractivity contribution in [3.63, 3.8) is 0 Å². The molecule has 0 N–H and O–H groups in total. The van der Waals surface area contributed by atoms with Gasteiger partial charge >= 0.3 is 242 Å². The van der Waals surface area contributed by atoms with Crippen LogP contribution in [0.5, 0.6) is 0 Å². The first kappa shape index (κ1) is 26.0. The van der Waals surface area contributed by atoms with Gasteiger partial charge in [0.1, 0.15) is 0 Å². The van der Waals surface area contributed by atoms with Gasteiger partial charge in [-0.15, -0.1) is 0 Å². The van der Waals surface area contributed by atoms with Gasteiger partial charge in [0.2, 0.25) is 0 Å². The summed E-state index contributed by atoms with van der Waals surface area (Å²) in [5.41, 5.74) is 14.2. The van der Waals surface area contributed by atoms with E-state index in [-0.39, 0.29) is 0 Å². The van der Waals surface area contributed by atoms with E-state index in [1.165, 1.54) is 70.2 Å². The van der Waals surface area contributed by atoms with Crippen LogP contribution >= 0.6 is 0 Å². The zero-order chi connectivity index (χ0) is 27.5. The maximum atomic E-state index is 2.82. The van der Waals surface area contributed by atoms with Crippen LogP contribution in [0.4, 0.5) is 0 Å². The number of hydrogen-bond acceptors (Lipinski definition) is 0. The first-order valence-electron chi connectivity index (χ1n) is 15.2. The predicted molar refractivity (Wildman–Crippen MR) is 172 cm³/mol. The minimum atomic E-state index is -3.88. The van der Waals surface area contributed by atoms with E-state index in [1.54, 1.807) is 11.1 Å². The molecule has 3 aliphatic carbocycles. The number of aryl methyl sites for hydroxylation is 2. The van der Waals surface area contributed by atoms with Crippen LogP contribution in [0, 0.1) is 13.8 Å². The molecule has 4 aromatic rings. The molecule has 2 unspecified atom stereocenters. The summed E-state index contributed by atoms with van der Waals surface area (Å²) in [7, 11) is 0. The van der Waals surface area contributed by atoms with Crippen LogP contribution in [-0.2, 0) is 18.0 Å². The van der Waals surface area contributed by atoms with Crippen molar-refractivity contribution in [3.8, 4) is 22.3 Å². The second-order valence-corrected chi connectivity index (χ2v) is 39.2. The van der Waals surface area contributed by atoms with E-state index in [9.17, 15) is 0 Å². The number of hydrogen-bond donors (Lipinski definition) is 0. The molecule has 200 valence electrons. The van der Waals surface area contributed by atoms with E-state index in [1.807, 2.05) is 3.26 Å². The summed E-state index contributed by atoms with van der Waals surface area (Å²) in [6, 6.07) is 32.3. The Morgan fingerprint density at radius 1 is 0.575 bits per heavy atom. The van der Waals surface area contributed by atoms with Crippen molar-refractivity contribution in [1.29, 1.82) is 0 Å². The van der Waals surface area contributed by atoms with Crippen LogP contribution in [0.15, 0.2) is 97.1 Å². The minimum absolute atomic E-state index is 0.535. The van der Waals surface area contributed by atoms with Crippen LogP contribution in [-0.4, -0.2) is 3.26 Å². The van der Waals surface area contributed by atoms with Gasteiger partial charge in [-0.05, 0) is 0 Å². The first-order valence-corrected chi connectivity index (χ1v) is 28.3. The van der Waals surface area contributed by atoms with Crippen molar-refractivity contribution < 1.29 is 18.0 Å². The number of rotatable bonds is 4. The molecule has 2 atom stereocenters. The molecule has 0 saturated heterocycles. The Morgan fingerprint density at radius 3 is 1.48 bits per heavy atom. The second-order valence-electron chi connectivity index (χ2n) is 13.5. The molecule has 0 bridgehead atoms. The molecule has 7 rings (SSSR count). The normalized spacial score (nSPS) is 19.8. The quantitative estimate of drug-likeness (QED) is 0.187. The SMILES string of the molecule is Cc1cccc(-c2cccc3c2C=C[CH]3[Hf]([CH3])([CH3])(=[C]2CCCC2)[CH]2C=Cc3c(-c4cccc(C)c4)cccc32)c1. The van der Waals surface area contributed by atoms with Gasteiger partial charge in [-0.2, -0.15) is 0 Å². The summed E-state index contributed by atoms with van der Waals surface area (Å²) in [6.07, 6.45) is 15.6. The Labute approximate surface area is 241 Å². The molecule has 0 radical (unpaired) electrons. The van der Waals surface area contributed by atoms with Crippen LogP contribution < -0.4 is 0 Å². The Kier molecular flexibility index (Phi) is 6.24. The monoisotopic (exact) mass is 688 g/mol. The Hall–Kier alpha value is -2.90. The van der Waals surface area contributed by atoms with E-state index < -0.39 is 18.0 Å². The Morgan fingerprint density at radius 2 is 1.02 bits per heavy atom. The summed E-state index contributed by atoms with van der Waals surface area (Å²) in [6.45, 7) is 4.40. The van der Waals surface area contributed by atoms with Crippen molar-refractivity contribution in [2.75, 3.05) is 0 Å². The fourth-order valence-electron chi connectivity index (χ4n) is 8.57. The van der Waals surface area contributed by atoms with E-state index in [2.05, 4.69) is 132 Å². The summed E-state index contributed by atoms with van der Waals surface area (Å²) in [4.78, 5) is 0. The molecular formula is C39H40Hf. The zero-order valence-corrected chi connectivity index (χ0v) is 28.0. The van der Waals surface area contributed by atoms with Crippen LogP contribution in [0.3, 0.4) is 0 Å². The van der Waals surface area contributed by atoms with Gasteiger partial charge in [0.25, 0.3) is 0 Å². The van der Waals surface area contributed by atoms with Gasteiger partial charge in [-0.3, -0.25) is 0 Å². The third-order valence-corrected chi connectivity index (χ3v) is 37.9. The average molecular weight is 687 g/mol. The van der Waals surface area contributed by atoms with Crippen molar-refractivity contribution in [3.05, 3.63) is 130 Å². The molecule has 1 saturated carbocycles. The van der Waals surface area contributed by atoms with E-state index in [4.69, 9.17) is 0 Å². The van der Waals surface area contributed by atoms with Gasteiger partial charge in [0, 0.05) is 0 Å². The third kappa shape index (κ3) is 3.92. The average Bonchev–Trinajstić information content (AvgIpc) is 3.73. The van der Waals surface area contributed by atoms with Crippen LogP contribution in [0.25, 0.3) is 34.4 Å². The van der Waals surface area contributed by atoms with Gasteiger partial charge in [-0.1, -0.05) is 0 Å². The van der Waals surface area contributed by atoms with Crippen molar-refractivity contribution in [2.45, 2.75) is 56.2 Å². The van der Waals surface area contributed by atoms with E-state index >= 15 is 0 Å². The molecule has 0 aromatic heterocycles.